The van der Waals surface area contributed by atoms with Gasteiger partial charge in [-0.25, -0.2) is 0 Å². The van der Waals surface area contributed by atoms with E-state index in [9.17, 15) is 14.9 Å². The first-order valence-electron chi connectivity index (χ1n) is 10.7. The standard InChI is InChI=1S/C24H21IN6O3S/c25-17-9-11-18(12-10-17)26-16-22-28-29-24(30(22)20-6-2-1-3-7-20)35-14-13-23(32)27-19-5-4-8-21(15-19)31(33)34/h1-12,15,26H,13-14,16H2,(H,27,32). The Bertz CT molecular complexity index is 1310. The number of nitro groups is 1. The molecule has 1 heterocycles. The highest BCUT2D eigenvalue weighted by molar-refractivity contribution is 14.1. The van der Waals surface area contributed by atoms with Gasteiger partial charge in [0.1, 0.15) is 0 Å². The summed E-state index contributed by atoms with van der Waals surface area (Å²) in [5.41, 5.74) is 2.24. The average Bonchev–Trinajstić information content (AvgIpc) is 3.27. The van der Waals surface area contributed by atoms with Crippen molar-refractivity contribution in [2.45, 2.75) is 18.1 Å². The summed E-state index contributed by atoms with van der Waals surface area (Å²) >= 11 is 3.69. The number of nitro benzene ring substituents is 1. The molecule has 2 N–H and O–H groups in total. The van der Waals surface area contributed by atoms with E-state index in [2.05, 4.69) is 43.4 Å². The Kier molecular flexibility index (Phi) is 8.32. The Morgan fingerprint density at radius 3 is 2.51 bits per heavy atom. The van der Waals surface area contributed by atoms with Crippen LogP contribution < -0.4 is 10.6 Å². The molecule has 0 bridgehead atoms. The molecule has 0 radical (unpaired) electrons. The zero-order chi connectivity index (χ0) is 24.6. The molecule has 1 aromatic heterocycles. The third-order valence-corrected chi connectivity index (χ3v) is 6.56. The number of hydrogen-bond acceptors (Lipinski definition) is 7. The summed E-state index contributed by atoms with van der Waals surface area (Å²) < 4.78 is 3.14. The molecule has 4 aromatic rings. The molecule has 0 fully saturated rings. The zero-order valence-corrected chi connectivity index (χ0v) is 21.4. The number of thioether (sulfide) groups is 1. The van der Waals surface area contributed by atoms with Crippen LogP contribution in [-0.2, 0) is 11.3 Å². The Labute approximate surface area is 219 Å². The number of non-ortho nitro benzene ring substituents is 1. The summed E-state index contributed by atoms with van der Waals surface area (Å²) in [7, 11) is 0. The van der Waals surface area contributed by atoms with Crippen LogP contribution in [-0.4, -0.2) is 31.3 Å². The van der Waals surface area contributed by atoms with E-state index in [1.807, 2.05) is 59.2 Å². The lowest BCUT2D eigenvalue weighted by molar-refractivity contribution is -0.384. The molecule has 0 spiro atoms. The minimum absolute atomic E-state index is 0.0699. The summed E-state index contributed by atoms with van der Waals surface area (Å²) in [5, 5.41) is 26.4. The fourth-order valence-electron chi connectivity index (χ4n) is 3.25. The molecule has 0 atom stereocenters. The number of para-hydroxylation sites is 1. The summed E-state index contributed by atoms with van der Waals surface area (Å²) in [4.78, 5) is 22.8. The maximum absolute atomic E-state index is 12.4. The maximum atomic E-state index is 12.4. The minimum Gasteiger partial charge on any atom is -0.378 e. The highest BCUT2D eigenvalue weighted by Gasteiger charge is 2.15. The third kappa shape index (κ3) is 6.79. The molecule has 35 heavy (non-hydrogen) atoms. The first-order valence-corrected chi connectivity index (χ1v) is 12.7. The number of anilines is 2. The monoisotopic (exact) mass is 600 g/mol. The van der Waals surface area contributed by atoms with Crippen molar-refractivity contribution in [1.29, 1.82) is 0 Å². The van der Waals surface area contributed by atoms with Crippen LogP contribution in [0.1, 0.15) is 12.2 Å². The molecule has 0 aliphatic rings. The molecule has 11 heteroatoms. The van der Waals surface area contributed by atoms with E-state index >= 15 is 0 Å². The van der Waals surface area contributed by atoms with Crippen molar-refractivity contribution in [3.05, 3.63) is 98.4 Å². The van der Waals surface area contributed by atoms with Crippen molar-refractivity contribution >= 4 is 57.3 Å². The van der Waals surface area contributed by atoms with Crippen LogP contribution in [0.15, 0.2) is 84.0 Å². The fraction of sp³-hybridized carbons (Fsp3) is 0.125. The van der Waals surface area contributed by atoms with Gasteiger partial charge in [0.05, 0.1) is 11.5 Å². The lowest BCUT2D eigenvalue weighted by Gasteiger charge is -2.11. The number of amides is 1. The summed E-state index contributed by atoms with van der Waals surface area (Å²) in [6.45, 7) is 0.482. The minimum atomic E-state index is -0.493. The van der Waals surface area contributed by atoms with Crippen LogP contribution in [0.2, 0.25) is 0 Å². The molecule has 0 aliphatic carbocycles. The molecule has 0 saturated carbocycles. The van der Waals surface area contributed by atoms with Crippen molar-refractivity contribution in [2.24, 2.45) is 0 Å². The molecule has 3 aromatic carbocycles. The molecule has 0 aliphatic heterocycles. The number of nitrogens with zero attached hydrogens (tertiary/aromatic N) is 4. The second-order valence-electron chi connectivity index (χ2n) is 7.38. The summed E-state index contributed by atoms with van der Waals surface area (Å²) in [6.07, 6.45) is 0.214. The molecule has 4 rings (SSSR count). The van der Waals surface area contributed by atoms with E-state index in [1.165, 1.54) is 30.0 Å². The van der Waals surface area contributed by atoms with Crippen LogP contribution in [0.4, 0.5) is 17.1 Å². The van der Waals surface area contributed by atoms with Crippen molar-refractivity contribution in [2.75, 3.05) is 16.4 Å². The average molecular weight is 600 g/mol. The van der Waals surface area contributed by atoms with Gasteiger partial charge >= 0.3 is 0 Å². The molecule has 178 valence electrons. The van der Waals surface area contributed by atoms with Gasteiger partial charge in [0.2, 0.25) is 5.91 Å². The maximum Gasteiger partial charge on any atom is 0.271 e. The molecule has 9 nitrogen and oxygen atoms in total. The Morgan fingerprint density at radius 2 is 1.77 bits per heavy atom. The van der Waals surface area contributed by atoms with E-state index in [0.717, 1.165) is 20.8 Å². The predicted octanol–water partition coefficient (Wildman–Crippen LogP) is 5.51. The second kappa shape index (κ2) is 11.8. The van der Waals surface area contributed by atoms with Crippen LogP contribution in [0.5, 0.6) is 0 Å². The van der Waals surface area contributed by atoms with Crippen molar-refractivity contribution in [1.82, 2.24) is 14.8 Å². The van der Waals surface area contributed by atoms with Gasteiger partial charge in [0.25, 0.3) is 5.69 Å². The number of rotatable bonds is 10. The number of halogens is 1. The van der Waals surface area contributed by atoms with Crippen LogP contribution >= 0.6 is 34.4 Å². The molecule has 1 amide bonds. The molecular formula is C24H21IN6O3S. The predicted molar refractivity (Wildman–Crippen MR) is 145 cm³/mol. The van der Waals surface area contributed by atoms with Gasteiger partial charge in [-0.05, 0) is 65.1 Å². The van der Waals surface area contributed by atoms with E-state index in [-0.39, 0.29) is 18.0 Å². The lowest BCUT2D eigenvalue weighted by atomic mass is 10.3. The van der Waals surface area contributed by atoms with Crippen molar-refractivity contribution in [3.63, 3.8) is 0 Å². The Morgan fingerprint density at radius 1 is 1.00 bits per heavy atom. The second-order valence-corrected chi connectivity index (χ2v) is 9.69. The highest BCUT2D eigenvalue weighted by atomic mass is 127. The summed E-state index contributed by atoms with van der Waals surface area (Å²) in [5.74, 6) is 0.985. The first kappa shape index (κ1) is 24.7. The van der Waals surface area contributed by atoms with Gasteiger partial charge in [0.15, 0.2) is 11.0 Å². The van der Waals surface area contributed by atoms with E-state index < -0.39 is 4.92 Å². The van der Waals surface area contributed by atoms with Gasteiger partial charge in [-0.15, -0.1) is 10.2 Å². The lowest BCUT2D eigenvalue weighted by Crippen LogP contribution is -2.12. The number of carbonyl (C=O) groups excluding carboxylic acids is 1. The first-order chi connectivity index (χ1) is 17.0. The fourth-order valence-corrected chi connectivity index (χ4v) is 4.52. The number of aromatic nitrogens is 3. The van der Waals surface area contributed by atoms with Gasteiger partial charge in [-0.1, -0.05) is 36.0 Å². The Hall–Kier alpha value is -3.45. The van der Waals surface area contributed by atoms with Gasteiger partial charge < -0.3 is 10.6 Å². The smallest absolute Gasteiger partial charge is 0.271 e. The number of hydrogen-bond donors (Lipinski definition) is 2. The Balaban J connectivity index is 1.41. The largest absolute Gasteiger partial charge is 0.378 e. The number of nitrogens with one attached hydrogen (secondary N) is 2. The SMILES string of the molecule is O=C(CCSc1nnc(CNc2ccc(I)cc2)n1-c1ccccc1)Nc1cccc([N+](=O)[O-])c1. The van der Waals surface area contributed by atoms with E-state index in [0.29, 0.717) is 23.1 Å². The zero-order valence-electron chi connectivity index (χ0n) is 18.4. The van der Waals surface area contributed by atoms with Gasteiger partial charge in [0, 0.05) is 44.9 Å². The normalized spacial score (nSPS) is 10.7. The van der Waals surface area contributed by atoms with Gasteiger partial charge in [-0.3, -0.25) is 19.5 Å². The van der Waals surface area contributed by atoms with Crippen LogP contribution in [0, 0.1) is 13.7 Å². The van der Waals surface area contributed by atoms with Crippen LogP contribution in [0.25, 0.3) is 5.69 Å². The summed E-state index contributed by atoms with van der Waals surface area (Å²) in [6, 6.07) is 23.8. The van der Waals surface area contributed by atoms with Crippen molar-refractivity contribution < 1.29 is 9.72 Å². The number of benzene rings is 3. The van der Waals surface area contributed by atoms with Crippen LogP contribution in [0.3, 0.4) is 0 Å². The quantitative estimate of drug-likeness (QED) is 0.107. The highest BCUT2D eigenvalue weighted by Crippen LogP contribution is 2.24. The van der Waals surface area contributed by atoms with E-state index in [1.54, 1.807) is 6.07 Å². The van der Waals surface area contributed by atoms with E-state index in [4.69, 9.17) is 0 Å². The number of carbonyl (C=O) groups is 1. The topological polar surface area (TPSA) is 115 Å². The molecule has 0 unspecified atom stereocenters. The molecular weight excluding hydrogens is 579 g/mol. The van der Waals surface area contributed by atoms with Gasteiger partial charge in [-0.2, -0.15) is 0 Å². The van der Waals surface area contributed by atoms with Crippen molar-refractivity contribution in [3.8, 4) is 5.69 Å². The molecule has 0 saturated heterocycles. The third-order valence-electron chi connectivity index (χ3n) is 4.91.